The first-order chi connectivity index (χ1) is 7.20. The normalized spacial score (nSPS) is 21.1. The fourth-order valence-corrected chi connectivity index (χ4v) is 1.98. The third-order valence-electron chi connectivity index (χ3n) is 2.35. The predicted octanol–water partition coefficient (Wildman–Crippen LogP) is 1.72. The molecule has 1 fully saturated rings. The maximum Gasteiger partial charge on any atom is 0.227 e. The van der Waals surface area contributed by atoms with Crippen LogP contribution in [0, 0.1) is 5.92 Å². The molecule has 2 rings (SSSR count). The van der Waals surface area contributed by atoms with Gasteiger partial charge >= 0.3 is 0 Å². The van der Waals surface area contributed by atoms with E-state index in [-0.39, 0.29) is 17.0 Å². The Morgan fingerprint density at radius 3 is 3.00 bits per heavy atom. The van der Waals surface area contributed by atoms with Gasteiger partial charge in [0.25, 0.3) is 0 Å². The molecule has 1 amide bonds. The highest BCUT2D eigenvalue weighted by molar-refractivity contribution is 6.29. The van der Waals surface area contributed by atoms with E-state index in [0.717, 1.165) is 0 Å². The van der Waals surface area contributed by atoms with Gasteiger partial charge in [0.1, 0.15) is 0 Å². The summed E-state index contributed by atoms with van der Waals surface area (Å²) in [6.07, 6.45) is 2.02. The number of amides is 1. The maximum absolute atomic E-state index is 11.6. The summed E-state index contributed by atoms with van der Waals surface area (Å²) in [6.45, 7) is 0.629. The lowest BCUT2D eigenvalue weighted by Gasteiger charge is -2.15. The monoisotopic (exact) mass is 245 g/mol. The van der Waals surface area contributed by atoms with Crippen molar-refractivity contribution in [2.45, 2.75) is 6.42 Å². The topological polar surface area (TPSA) is 46.1 Å². The van der Waals surface area contributed by atoms with Crippen molar-refractivity contribution < 1.29 is 4.79 Å². The van der Waals surface area contributed by atoms with Crippen molar-refractivity contribution in [2.75, 3.05) is 17.3 Å². The number of halogens is 2. The van der Waals surface area contributed by atoms with Crippen LogP contribution in [0.25, 0.3) is 0 Å². The smallest absolute Gasteiger partial charge is 0.227 e. The van der Waals surface area contributed by atoms with Crippen LogP contribution in [0.2, 0.25) is 5.15 Å². The maximum atomic E-state index is 11.6. The summed E-state index contributed by atoms with van der Waals surface area (Å²) in [6, 6.07) is 1.63. The molecule has 1 unspecified atom stereocenters. The van der Waals surface area contributed by atoms with Crippen molar-refractivity contribution in [2.24, 2.45) is 5.92 Å². The number of carbonyl (C=O) groups is 1. The summed E-state index contributed by atoms with van der Waals surface area (Å²) in [5, 5.41) is 7.62. The molecule has 1 aliphatic rings. The summed E-state index contributed by atoms with van der Waals surface area (Å²) < 4.78 is 0. The summed E-state index contributed by atoms with van der Waals surface area (Å²) in [4.78, 5) is 13.3. The van der Waals surface area contributed by atoms with Crippen molar-refractivity contribution in [1.29, 1.82) is 0 Å². The molecule has 6 heteroatoms. The number of nitrogens with zero attached hydrogens (tertiary/aromatic N) is 3. The van der Waals surface area contributed by atoms with Crippen LogP contribution in [-0.4, -0.2) is 28.5 Å². The summed E-state index contributed by atoms with van der Waals surface area (Å²) in [7, 11) is 0. The zero-order chi connectivity index (χ0) is 10.8. The van der Waals surface area contributed by atoms with Crippen molar-refractivity contribution in [3.63, 3.8) is 0 Å². The van der Waals surface area contributed by atoms with Gasteiger partial charge in [-0.15, -0.1) is 16.7 Å². The van der Waals surface area contributed by atoms with Gasteiger partial charge in [-0.25, -0.2) is 0 Å². The van der Waals surface area contributed by atoms with E-state index in [2.05, 4.69) is 10.2 Å². The third kappa shape index (κ3) is 2.21. The first-order valence-corrected chi connectivity index (χ1v) is 5.46. The summed E-state index contributed by atoms with van der Waals surface area (Å²) in [5.74, 6) is 0.768. The molecule has 0 N–H and O–H groups in total. The minimum Gasteiger partial charge on any atom is -0.310 e. The third-order valence-corrected chi connectivity index (χ3v) is 2.97. The van der Waals surface area contributed by atoms with Gasteiger partial charge < -0.3 is 4.90 Å². The Labute approximate surface area is 97.2 Å². The van der Waals surface area contributed by atoms with Crippen molar-refractivity contribution in [1.82, 2.24) is 10.2 Å². The fraction of sp³-hybridized carbons (Fsp3) is 0.444. The van der Waals surface area contributed by atoms with Crippen molar-refractivity contribution >= 4 is 34.8 Å². The Hall–Kier alpha value is -0.870. The second-order valence-corrected chi connectivity index (χ2v) is 4.16. The molecule has 0 saturated carbocycles. The van der Waals surface area contributed by atoms with E-state index < -0.39 is 0 Å². The number of alkyl halides is 1. The molecule has 1 atom stereocenters. The lowest BCUT2D eigenvalue weighted by Crippen LogP contribution is -2.24. The van der Waals surface area contributed by atoms with E-state index in [1.807, 2.05) is 0 Å². The van der Waals surface area contributed by atoms with E-state index >= 15 is 0 Å². The second-order valence-electron chi connectivity index (χ2n) is 3.47. The van der Waals surface area contributed by atoms with E-state index in [9.17, 15) is 4.79 Å². The first-order valence-electron chi connectivity index (χ1n) is 4.55. The predicted molar refractivity (Wildman–Crippen MR) is 58.2 cm³/mol. The van der Waals surface area contributed by atoms with E-state index in [0.29, 0.717) is 24.5 Å². The van der Waals surface area contributed by atoms with Crippen LogP contribution < -0.4 is 4.90 Å². The lowest BCUT2D eigenvalue weighted by atomic mass is 10.1. The number of rotatable bonds is 2. The molecule has 80 valence electrons. The molecule has 0 spiro atoms. The van der Waals surface area contributed by atoms with Gasteiger partial charge in [-0.05, 0) is 5.92 Å². The highest BCUT2D eigenvalue weighted by Gasteiger charge is 2.30. The highest BCUT2D eigenvalue weighted by atomic mass is 35.5. The number of aromatic nitrogens is 2. The zero-order valence-corrected chi connectivity index (χ0v) is 9.37. The Morgan fingerprint density at radius 1 is 1.60 bits per heavy atom. The van der Waals surface area contributed by atoms with Crippen LogP contribution in [0.3, 0.4) is 0 Å². The molecule has 0 bridgehead atoms. The van der Waals surface area contributed by atoms with Gasteiger partial charge in [-0.3, -0.25) is 4.79 Å². The van der Waals surface area contributed by atoms with Crippen LogP contribution in [0.15, 0.2) is 12.3 Å². The standard InChI is InChI=1S/C9H9Cl2N3O/c10-3-6-1-9(15)14(5-6)7-2-8(11)13-12-4-7/h2,4,6H,1,3,5H2. The number of carbonyl (C=O) groups excluding carboxylic acids is 1. The minimum atomic E-state index is 0.0599. The second kappa shape index (κ2) is 4.33. The molecular weight excluding hydrogens is 237 g/mol. The van der Waals surface area contributed by atoms with Gasteiger partial charge in [0, 0.05) is 24.9 Å². The van der Waals surface area contributed by atoms with Crippen LogP contribution in [0.1, 0.15) is 6.42 Å². The molecule has 0 radical (unpaired) electrons. The molecule has 1 aliphatic heterocycles. The Bertz CT molecular complexity index is 385. The molecule has 15 heavy (non-hydrogen) atoms. The van der Waals surface area contributed by atoms with Gasteiger partial charge in [-0.2, -0.15) is 5.10 Å². The number of anilines is 1. The highest BCUT2D eigenvalue weighted by Crippen LogP contribution is 2.25. The molecular formula is C9H9Cl2N3O. The average molecular weight is 246 g/mol. The molecule has 0 aromatic carbocycles. The Morgan fingerprint density at radius 2 is 2.40 bits per heavy atom. The summed E-state index contributed by atoms with van der Waals surface area (Å²) in [5.41, 5.74) is 0.688. The molecule has 1 aromatic rings. The molecule has 0 aliphatic carbocycles. The minimum absolute atomic E-state index is 0.0599. The van der Waals surface area contributed by atoms with Gasteiger partial charge in [0.2, 0.25) is 5.91 Å². The van der Waals surface area contributed by atoms with Gasteiger partial charge in [0.15, 0.2) is 5.15 Å². The van der Waals surface area contributed by atoms with Crippen LogP contribution in [0.5, 0.6) is 0 Å². The molecule has 1 aromatic heterocycles. The van der Waals surface area contributed by atoms with Crippen LogP contribution >= 0.6 is 23.2 Å². The average Bonchev–Trinajstić information content (AvgIpc) is 2.60. The lowest BCUT2D eigenvalue weighted by molar-refractivity contribution is -0.117. The first kappa shape index (κ1) is 10.6. The molecule has 1 saturated heterocycles. The van der Waals surface area contributed by atoms with Crippen LogP contribution in [0.4, 0.5) is 5.69 Å². The fourth-order valence-electron chi connectivity index (χ4n) is 1.61. The Balaban J connectivity index is 2.21. The largest absolute Gasteiger partial charge is 0.310 e. The Kier molecular flexibility index (Phi) is 3.07. The summed E-state index contributed by atoms with van der Waals surface area (Å²) >= 11 is 11.4. The molecule has 4 nitrogen and oxygen atoms in total. The van der Waals surface area contributed by atoms with E-state index in [4.69, 9.17) is 23.2 Å². The number of hydrogen-bond acceptors (Lipinski definition) is 3. The van der Waals surface area contributed by atoms with Crippen LogP contribution in [-0.2, 0) is 4.79 Å². The SMILES string of the molecule is O=C1CC(CCl)CN1c1cnnc(Cl)c1. The van der Waals surface area contributed by atoms with Crippen molar-refractivity contribution in [3.8, 4) is 0 Å². The zero-order valence-electron chi connectivity index (χ0n) is 7.86. The quantitative estimate of drug-likeness (QED) is 0.746. The number of hydrogen-bond donors (Lipinski definition) is 0. The van der Waals surface area contributed by atoms with E-state index in [1.54, 1.807) is 11.0 Å². The van der Waals surface area contributed by atoms with Gasteiger partial charge in [0.05, 0.1) is 11.9 Å². The molecule has 2 heterocycles. The van der Waals surface area contributed by atoms with E-state index in [1.165, 1.54) is 6.20 Å². The van der Waals surface area contributed by atoms with Gasteiger partial charge in [-0.1, -0.05) is 11.6 Å². The van der Waals surface area contributed by atoms with Crippen molar-refractivity contribution in [3.05, 3.63) is 17.4 Å².